The van der Waals surface area contributed by atoms with E-state index >= 15 is 0 Å². The molecule has 0 radical (unpaired) electrons. The summed E-state index contributed by atoms with van der Waals surface area (Å²) in [6.45, 7) is 0.973. The molecule has 1 atom stereocenters. The monoisotopic (exact) mass is 272 g/mol. The van der Waals surface area contributed by atoms with Gasteiger partial charge in [0.25, 0.3) is 5.56 Å². The molecular formula is C15H20N4O. The molecule has 0 saturated carbocycles. The number of benzene rings is 1. The molecule has 0 amide bonds. The first kappa shape index (κ1) is 14.3. The van der Waals surface area contributed by atoms with E-state index in [1.54, 1.807) is 12.3 Å². The van der Waals surface area contributed by atoms with Crippen LogP contribution >= 0.6 is 0 Å². The van der Waals surface area contributed by atoms with Crippen LogP contribution in [0.2, 0.25) is 0 Å². The van der Waals surface area contributed by atoms with Crippen LogP contribution in [0, 0.1) is 0 Å². The molecule has 5 nitrogen and oxygen atoms in total. The molecule has 5 heteroatoms. The molecular weight excluding hydrogens is 252 g/mol. The van der Waals surface area contributed by atoms with Crippen molar-refractivity contribution in [2.45, 2.75) is 12.5 Å². The summed E-state index contributed by atoms with van der Waals surface area (Å²) in [4.78, 5) is 13.9. The maximum atomic E-state index is 12.1. The third-order valence-corrected chi connectivity index (χ3v) is 3.32. The van der Waals surface area contributed by atoms with E-state index in [1.165, 1.54) is 4.68 Å². The van der Waals surface area contributed by atoms with Crippen molar-refractivity contribution in [2.75, 3.05) is 25.5 Å². The maximum Gasteiger partial charge on any atom is 0.268 e. The second-order valence-corrected chi connectivity index (χ2v) is 4.97. The van der Waals surface area contributed by atoms with E-state index in [9.17, 15) is 4.79 Å². The van der Waals surface area contributed by atoms with Gasteiger partial charge in [-0.2, -0.15) is 5.10 Å². The number of aromatic nitrogens is 2. The smallest absolute Gasteiger partial charge is 0.268 e. The zero-order valence-electron chi connectivity index (χ0n) is 11.9. The third kappa shape index (κ3) is 3.24. The lowest BCUT2D eigenvalue weighted by Crippen LogP contribution is -2.29. The summed E-state index contributed by atoms with van der Waals surface area (Å²) in [6, 6.07) is 11.6. The highest BCUT2D eigenvalue weighted by Gasteiger charge is 2.12. The topological polar surface area (TPSA) is 64.2 Å². The van der Waals surface area contributed by atoms with Gasteiger partial charge in [0.2, 0.25) is 0 Å². The molecule has 2 rings (SSSR count). The Bertz CT molecular complexity index is 607. The molecule has 1 aromatic heterocycles. The second-order valence-electron chi connectivity index (χ2n) is 4.97. The summed E-state index contributed by atoms with van der Waals surface area (Å²) in [5.74, 6) is 0.0895. The predicted molar refractivity (Wildman–Crippen MR) is 81.1 cm³/mol. The standard InChI is InChI=1S/C15H20N4O/c1-18(2)14-8-15(20)19(17-10-14)11-13(9-16)12-6-4-3-5-7-12/h3-8,10,13H,9,11,16H2,1-2H3. The number of nitrogens with two attached hydrogens (primary N) is 1. The molecule has 106 valence electrons. The van der Waals surface area contributed by atoms with Gasteiger partial charge in [0.05, 0.1) is 18.4 Å². The number of nitrogens with zero attached hydrogens (tertiary/aromatic N) is 3. The Morgan fingerprint density at radius 1 is 1.30 bits per heavy atom. The van der Waals surface area contributed by atoms with Crippen molar-refractivity contribution in [1.82, 2.24) is 9.78 Å². The minimum Gasteiger partial charge on any atom is -0.376 e. The van der Waals surface area contributed by atoms with Gasteiger partial charge < -0.3 is 10.6 Å². The first-order valence-electron chi connectivity index (χ1n) is 6.61. The Morgan fingerprint density at radius 2 is 2.00 bits per heavy atom. The lowest BCUT2D eigenvalue weighted by Gasteiger charge is -2.17. The second kappa shape index (κ2) is 6.34. The fourth-order valence-corrected chi connectivity index (χ4v) is 2.06. The van der Waals surface area contributed by atoms with Gasteiger partial charge in [-0.15, -0.1) is 0 Å². The van der Waals surface area contributed by atoms with Gasteiger partial charge in [-0.3, -0.25) is 4.79 Å². The molecule has 0 spiro atoms. The summed E-state index contributed by atoms with van der Waals surface area (Å²) < 4.78 is 1.47. The van der Waals surface area contributed by atoms with Crippen LogP contribution in [0.15, 0.2) is 47.4 Å². The predicted octanol–water partition coefficient (Wildman–Crippen LogP) is 1.05. The Morgan fingerprint density at radius 3 is 2.55 bits per heavy atom. The summed E-state index contributed by atoms with van der Waals surface area (Å²) in [6.07, 6.45) is 1.69. The average Bonchev–Trinajstić information content (AvgIpc) is 2.46. The highest BCUT2D eigenvalue weighted by molar-refractivity contribution is 5.40. The zero-order valence-corrected chi connectivity index (χ0v) is 11.9. The molecule has 0 saturated heterocycles. The van der Waals surface area contributed by atoms with Gasteiger partial charge in [-0.25, -0.2) is 4.68 Å². The van der Waals surface area contributed by atoms with E-state index in [2.05, 4.69) is 5.10 Å². The van der Waals surface area contributed by atoms with Gasteiger partial charge in [0, 0.05) is 32.6 Å². The van der Waals surface area contributed by atoms with Crippen LogP contribution in [-0.4, -0.2) is 30.4 Å². The van der Waals surface area contributed by atoms with Gasteiger partial charge in [0.15, 0.2) is 0 Å². The average molecular weight is 272 g/mol. The van der Waals surface area contributed by atoms with Crippen LogP contribution in [0.3, 0.4) is 0 Å². The molecule has 2 aromatic rings. The minimum absolute atomic E-state index is 0.0895. The molecule has 20 heavy (non-hydrogen) atoms. The van der Waals surface area contributed by atoms with E-state index in [1.807, 2.05) is 49.3 Å². The molecule has 0 aliphatic carbocycles. The Kier molecular flexibility index (Phi) is 4.53. The van der Waals surface area contributed by atoms with E-state index < -0.39 is 0 Å². The lowest BCUT2D eigenvalue weighted by molar-refractivity contribution is 0.498. The largest absolute Gasteiger partial charge is 0.376 e. The van der Waals surface area contributed by atoms with Crippen molar-refractivity contribution in [3.8, 4) is 0 Å². The Balaban J connectivity index is 2.22. The number of rotatable bonds is 5. The van der Waals surface area contributed by atoms with Crippen molar-refractivity contribution in [1.29, 1.82) is 0 Å². The highest BCUT2D eigenvalue weighted by Crippen LogP contribution is 2.15. The summed E-state index contributed by atoms with van der Waals surface area (Å²) in [5, 5.41) is 4.22. The van der Waals surface area contributed by atoms with Gasteiger partial charge >= 0.3 is 0 Å². The fraction of sp³-hybridized carbons (Fsp3) is 0.333. The van der Waals surface area contributed by atoms with E-state index in [0.717, 1.165) is 11.3 Å². The fourth-order valence-electron chi connectivity index (χ4n) is 2.06. The first-order chi connectivity index (χ1) is 9.61. The van der Waals surface area contributed by atoms with Gasteiger partial charge in [-0.05, 0) is 5.56 Å². The third-order valence-electron chi connectivity index (χ3n) is 3.32. The SMILES string of the molecule is CN(C)c1cnn(CC(CN)c2ccccc2)c(=O)c1. The molecule has 0 bridgehead atoms. The minimum atomic E-state index is -0.106. The highest BCUT2D eigenvalue weighted by atomic mass is 16.1. The van der Waals surface area contributed by atoms with Crippen LogP contribution in [0.4, 0.5) is 5.69 Å². The Hall–Kier alpha value is -2.14. The van der Waals surface area contributed by atoms with Crippen molar-refractivity contribution in [3.63, 3.8) is 0 Å². The zero-order chi connectivity index (χ0) is 14.5. The molecule has 2 N–H and O–H groups in total. The first-order valence-corrected chi connectivity index (χ1v) is 6.61. The van der Waals surface area contributed by atoms with Crippen LogP contribution in [-0.2, 0) is 6.54 Å². The van der Waals surface area contributed by atoms with Crippen molar-refractivity contribution in [2.24, 2.45) is 5.73 Å². The van der Waals surface area contributed by atoms with E-state index in [-0.39, 0.29) is 11.5 Å². The van der Waals surface area contributed by atoms with Crippen LogP contribution in [0.25, 0.3) is 0 Å². The van der Waals surface area contributed by atoms with Gasteiger partial charge in [-0.1, -0.05) is 30.3 Å². The Labute approximate surface area is 118 Å². The number of anilines is 1. The molecule has 1 heterocycles. The summed E-state index contributed by atoms with van der Waals surface area (Å²) in [5.41, 5.74) is 7.65. The van der Waals surface area contributed by atoms with Gasteiger partial charge in [0.1, 0.15) is 0 Å². The lowest BCUT2D eigenvalue weighted by atomic mass is 9.99. The molecule has 0 aliphatic rings. The quantitative estimate of drug-likeness (QED) is 0.883. The molecule has 0 aliphatic heterocycles. The molecule has 1 aromatic carbocycles. The van der Waals surface area contributed by atoms with Crippen LogP contribution in [0.5, 0.6) is 0 Å². The maximum absolute atomic E-state index is 12.1. The molecule has 0 fully saturated rings. The normalized spacial score (nSPS) is 12.2. The van der Waals surface area contributed by atoms with Crippen LogP contribution < -0.4 is 16.2 Å². The number of hydrogen-bond acceptors (Lipinski definition) is 4. The summed E-state index contributed by atoms with van der Waals surface area (Å²) in [7, 11) is 3.76. The number of hydrogen-bond donors (Lipinski definition) is 1. The summed E-state index contributed by atoms with van der Waals surface area (Å²) >= 11 is 0. The van der Waals surface area contributed by atoms with Crippen molar-refractivity contribution < 1.29 is 0 Å². The van der Waals surface area contributed by atoms with Crippen LogP contribution in [0.1, 0.15) is 11.5 Å². The van der Waals surface area contributed by atoms with E-state index in [0.29, 0.717) is 13.1 Å². The van der Waals surface area contributed by atoms with Crippen molar-refractivity contribution >= 4 is 5.69 Å². The molecule has 1 unspecified atom stereocenters. The van der Waals surface area contributed by atoms with E-state index in [4.69, 9.17) is 5.73 Å². The van der Waals surface area contributed by atoms with Crippen molar-refractivity contribution in [3.05, 3.63) is 58.5 Å².